The van der Waals surface area contributed by atoms with Crippen molar-refractivity contribution >= 4 is 5.71 Å². The summed E-state index contributed by atoms with van der Waals surface area (Å²) in [5.74, 6) is 1.82. The fourth-order valence-corrected chi connectivity index (χ4v) is 2.94. The minimum absolute atomic E-state index is 0.776. The second-order valence-corrected chi connectivity index (χ2v) is 6.32. The van der Waals surface area contributed by atoms with Gasteiger partial charge in [0.05, 0.1) is 12.3 Å². The van der Waals surface area contributed by atoms with Crippen molar-refractivity contribution in [3.05, 3.63) is 29.8 Å². The molecule has 1 fully saturated rings. The molecule has 0 unspecified atom stereocenters. The number of oxime groups is 1. The number of piperidine rings is 1. The van der Waals surface area contributed by atoms with Gasteiger partial charge in [-0.05, 0) is 74.5 Å². The molecule has 128 valence electrons. The molecule has 2 rings (SSSR count). The average molecular weight is 318 g/mol. The Kier molecular flexibility index (Phi) is 7.40. The molecule has 0 saturated carbocycles. The summed E-state index contributed by atoms with van der Waals surface area (Å²) in [6.45, 7) is 8.83. The molecule has 0 atom stereocenters. The van der Waals surface area contributed by atoms with Crippen LogP contribution in [0.25, 0.3) is 0 Å². The first-order chi connectivity index (χ1) is 11.2. The molecule has 4 nitrogen and oxygen atoms in total. The zero-order valence-electron chi connectivity index (χ0n) is 14.8. The smallest absolute Gasteiger partial charge is 0.119 e. The summed E-state index contributed by atoms with van der Waals surface area (Å²) in [6, 6.07) is 8.11. The summed E-state index contributed by atoms with van der Waals surface area (Å²) in [5, 5.41) is 4.05. The van der Waals surface area contributed by atoms with E-state index in [2.05, 4.69) is 23.9 Å². The molecule has 0 spiro atoms. The maximum Gasteiger partial charge on any atom is 0.119 e. The molecule has 1 saturated heterocycles. The molecule has 1 aromatic rings. The fourth-order valence-electron chi connectivity index (χ4n) is 2.94. The SMILES string of the molecule is CCC(=NOC)c1ccc(OCCCN2CCC(C)CC2)cc1. The van der Waals surface area contributed by atoms with Gasteiger partial charge in [-0.3, -0.25) is 0 Å². The molecule has 1 aromatic carbocycles. The van der Waals surface area contributed by atoms with Crippen LogP contribution < -0.4 is 4.74 Å². The number of hydrogen-bond acceptors (Lipinski definition) is 4. The number of ether oxygens (including phenoxy) is 1. The van der Waals surface area contributed by atoms with E-state index in [0.29, 0.717) is 0 Å². The maximum atomic E-state index is 5.85. The van der Waals surface area contributed by atoms with Gasteiger partial charge in [0, 0.05) is 6.54 Å². The van der Waals surface area contributed by atoms with Crippen LogP contribution in [0.1, 0.15) is 45.1 Å². The van der Waals surface area contributed by atoms with E-state index in [9.17, 15) is 0 Å². The quantitative estimate of drug-likeness (QED) is 0.413. The van der Waals surface area contributed by atoms with E-state index in [-0.39, 0.29) is 0 Å². The Morgan fingerprint density at radius 3 is 2.52 bits per heavy atom. The summed E-state index contributed by atoms with van der Waals surface area (Å²) in [4.78, 5) is 7.43. The first-order valence-electron chi connectivity index (χ1n) is 8.78. The lowest BCUT2D eigenvalue weighted by atomic mass is 9.99. The van der Waals surface area contributed by atoms with Crippen molar-refractivity contribution in [1.82, 2.24) is 4.90 Å². The molecule has 23 heavy (non-hydrogen) atoms. The zero-order chi connectivity index (χ0) is 16.5. The van der Waals surface area contributed by atoms with Crippen molar-refractivity contribution in [1.29, 1.82) is 0 Å². The van der Waals surface area contributed by atoms with Crippen molar-refractivity contribution in [2.45, 2.75) is 39.5 Å². The normalized spacial score (nSPS) is 17.3. The summed E-state index contributed by atoms with van der Waals surface area (Å²) in [5.41, 5.74) is 2.04. The highest BCUT2D eigenvalue weighted by Crippen LogP contribution is 2.17. The lowest BCUT2D eigenvalue weighted by Gasteiger charge is -2.30. The molecular formula is C19H30N2O2. The van der Waals surface area contributed by atoms with Gasteiger partial charge in [0.1, 0.15) is 12.9 Å². The largest absolute Gasteiger partial charge is 0.494 e. The third kappa shape index (κ3) is 5.87. The number of rotatable bonds is 8. The van der Waals surface area contributed by atoms with Gasteiger partial charge >= 0.3 is 0 Å². The summed E-state index contributed by atoms with van der Waals surface area (Å²) in [6.07, 6.45) is 4.61. The third-order valence-electron chi connectivity index (χ3n) is 4.49. The van der Waals surface area contributed by atoms with Crippen molar-refractivity contribution in [3.8, 4) is 5.75 Å². The van der Waals surface area contributed by atoms with Crippen LogP contribution in [-0.4, -0.2) is 44.0 Å². The van der Waals surface area contributed by atoms with Gasteiger partial charge in [0.25, 0.3) is 0 Å². The molecule has 1 heterocycles. The Balaban J connectivity index is 1.71. The topological polar surface area (TPSA) is 34.1 Å². The van der Waals surface area contributed by atoms with E-state index < -0.39 is 0 Å². The van der Waals surface area contributed by atoms with Crippen LogP contribution in [-0.2, 0) is 4.84 Å². The van der Waals surface area contributed by atoms with Crippen LogP contribution >= 0.6 is 0 Å². The van der Waals surface area contributed by atoms with Gasteiger partial charge in [0.15, 0.2) is 0 Å². The van der Waals surface area contributed by atoms with E-state index in [1.807, 2.05) is 24.3 Å². The number of benzene rings is 1. The Bertz CT molecular complexity index is 477. The molecule has 0 bridgehead atoms. The van der Waals surface area contributed by atoms with Crippen LogP contribution in [0.4, 0.5) is 0 Å². The standard InChI is InChI=1S/C19H30N2O2/c1-4-19(20-22-3)17-6-8-18(9-7-17)23-15-5-12-21-13-10-16(2)11-14-21/h6-9,16H,4-5,10-15H2,1-3H3. The van der Waals surface area contributed by atoms with Crippen LogP contribution in [0.15, 0.2) is 29.4 Å². The van der Waals surface area contributed by atoms with Gasteiger partial charge in [-0.25, -0.2) is 0 Å². The molecule has 1 aliphatic rings. The monoisotopic (exact) mass is 318 g/mol. The minimum atomic E-state index is 0.776. The van der Waals surface area contributed by atoms with E-state index >= 15 is 0 Å². The van der Waals surface area contributed by atoms with Crippen LogP contribution in [0.3, 0.4) is 0 Å². The van der Waals surface area contributed by atoms with Crippen LogP contribution in [0.2, 0.25) is 0 Å². The van der Waals surface area contributed by atoms with E-state index in [1.165, 1.54) is 25.9 Å². The molecular weight excluding hydrogens is 288 g/mol. The van der Waals surface area contributed by atoms with Crippen LogP contribution in [0, 0.1) is 5.92 Å². The summed E-state index contributed by atoms with van der Waals surface area (Å²) >= 11 is 0. The highest BCUT2D eigenvalue weighted by atomic mass is 16.6. The lowest BCUT2D eigenvalue weighted by molar-refractivity contribution is 0.177. The molecule has 0 aliphatic carbocycles. The fraction of sp³-hybridized carbons (Fsp3) is 0.632. The highest BCUT2D eigenvalue weighted by Gasteiger charge is 2.14. The van der Waals surface area contributed by atoms with Crippen LogP contribution in [0.5, 0.6) is 5.75 Å². The van der Waals surface area contributed by atoms with E-state index in [0.717, 1.165) is 48.9 Å². The molecule has 0 N–H and O–H groups in total. The van der Waals surface area contributed by atoms with Crippen molar-refractivity contribution < 1.29 is 9.57 Å². The predicted octanol–water partition coefficient (Wildman–Crippen LogP) is 3.95. The second kappa shape index (κ2) is 9.56. The maximum absolute atomic E-state index is 5.85. The van der Waals surface area contributed by atoms with E-state index in [1.54, 1.807) is 7.11 Å². The van der Waals surface area contributed by atoms with E-state index in [4.69, 9.17) is 9.57 Å². The molecule has 0 radical (unpaired) electrons. The lowest BCUT2D eigenvalue weighted by Crippen LogP contribution is -2.34. The first kappa shape index (κ1) is 17.8. The summed E-state index contributed by atoms with van der Waals surface area (Å²) in [7, 11) is 1.58. The zero-order valence-corrected chi connectivity index (χ0v) is 14.8. The predicted molar refractivity (Wildman–Crippen MR) is 95.2 cm³/mol. The minimum Gasteiger partial charge on any atom is -0.494 e. The third-order valence-corrected chi connectivity index (χ3v) is 4.49. The molecule has 0 amide bonds. The van der Waals surface area contributed by atoms with Gasteiger partial charge in [-0.15, -0.1) is 0 Å². The number of nitrogens with zero attached hydrogens (tertiary/aromatic N) is 2. The van der Waals surface area contributed by atoms with Gasteiger partial charge in [-0.1, -0.05) is 19.0 Å². The second-order valence-electron chi connectivity index (χ2n) is 6.32. The van der Waals surface area contributed by atoms with Crippen molar-refractivity contribution in [2.75, 3.05) is 33.4 Å². The van der Waals surface area contributed by atoms with Crippen molar-refractivity contribution in [2.24, 2.45) is 11.1 Å². The van der Waals surface area contributed by atoms with Gasteiger partial charge in [0.2, 0.25) is 0 Å². The Hall–Kier alpha value is -1.55. The number of hydrogen-bond donors (Lipinski definition) is 0. The molecule has 4 heteroatoms. The molecule has 0 aromatic heterocycles. The average Bonchev–Trinajstić information content (AvgIpc) is 2.59. The summed E-state index contributed by atoms with van der Waals surface area (Å²) < 4.78 is 5.85. The molecule has 1 aliphatic heterocycles. The number of likely N-dealkylation sites (tertiary alicyclic amines) is 1. The first-order valence-corrected chi connectivity index (χ1v) is 8.78. The Morgan fingerprint density at radius 1 is 1.22 bits per heavy atom. The van der Waals surface area contributed by atoms with Gasteiger partial charge in [-0.2, -0.15) is 0 Å². The van der Waals surface area contributed by atoms with Gasteiger partial charge < -0.3 is 14.5 Å². The van der Waals surface area contributed by atoms with Crippen molar-refractivity contribution in [3.63, 3.8) is 0 Å². The Labute approximate surface area is 140 Å². The highest BCUT2D eigenvalue weighted by molar-refractivity contribution is 6.00. The Morgan fingerprint density at radius 2 is 1.91 bits per heavy atom.